The molecule has 98 valence electrons. The van der Waals surface area contributed by atoms with Gasteiger partial charge < -0.3 is 10.4 Å². The van der Waals surface area contributed by atoms with Gasteiger partial charge in [-0.1, -0.05) is 24.3 Å². The minimum atomic E-state index is -0.650. The number of hydrogen-bond donors (Lipinski definition) is 2. The van der Waals surface area contributed by atoms with E-state index >= 15 is 0 Å². The highest BCUT2D eigenvalue weighted by atomic mass is 16.3. The fraction of sp³-hybridized carbons (Fsp3) is 0.333. The van der Waals surface area contributed by atoms with Gasteiger partial charge in [-0.2, -0.15) is 0 Å². The van der Waals surface area contributed by atoms with Gasteiger partial charge in [0.05, 0.1) is 11.7 Å². The number of benzene rings is 1. The Hall–Kier alpha value is -1.78. The lowest BCUT2D eigenvalue weighted by Gasteiger charge is -2.30. The molecule has 2 aromatic rings. The molecule has 0 bridgehead atoms. The standard InChI is InChI=1S/C15H17N3O/c1-10-16-9-7-13(18-10)15(19)14-12-5-3-2-4-11(12)6-8-17-14/h2-5,7,9,14-15,17,19H,6,8H2,1H3. The smallest absolute Gasteiger partial charge is 0.125 e. The zero-order valence-electron chi connectivity index (χ0n) is 10.9. The van der Waals surface area contributed by atoms with Gasteiger partial charge in [0.1, 0.15) is 11.9 Å². The third-order valence-electron chi connectivity index (χ3n) is 3.57. The molecule has 3 rings (SSSR count). The Balaban J connectivity index is 1.95. The summed E-state index contributed by atoms with van der Waals surface area (Å²) in [6.07, 6.45) is 2.04. The van der Waals surface area contributed by atoms with Crippen LogP contribution in [0.25, 0.3) is 0 Å². The molecule has 1 aliphatic heterocycles. The van der Waals surface area contributed by atoms with E-state index in [1.807, 2.05) is 19.1 Å². The highest BCUT2D eigenvalue weighted by Crippen LogP contribution is 2.32. The molecule has 2 atom stereocenters. The molecule has 0 saturated carbocycles. The third-order valence-corrected chi connectivity index (χ3v) is 3.57. The predicted octanol–water partition coefficient (Wildman–Crippen LogP) is 1.71. The van der Waals surface area contributed by atoms with Crippen LogP contribution in [0.4, 0.5) is 0 Å². The fourth-order valence-corrected chi connectivity index (χ4v) is 2.63. The number of hydrogen-bond acceptors (Lipinski definition) is 4. The van der Waals surface area contributed by atoms with Crippen LogP contribution in [-0.2, 0) is 6.42 Å². The Bertz CT molecular complexity index is 585. The number of nitrogens with zero attached hydrogens (tertiary/aromatic N) is 2. The van der Waals surface area contributed by atoms with Gasteiger partial charge in [0, 0.05) is 6.20 Å². The van der Waals surface area contributed by atoms with Gasteiger partial charge in [0.25, 0.3) is 0 Å². The maximum atomic E-state index is 10.6. The van der Waals surface area contributed by atoms with E-state index in [9.17, 15) is 5.11 Å². The van der Waals surface area contributed by atoms with Crippen molar-refractivity contribution in [2.75, 3.05) is 6.54 Å². The number of aliphatic hydroxyl groups is 1. The van der Waals surface area contributed by atoms with Crippen molar-refractivity contribution in [3.05, 3.63) is 59.2 Å². The summed E-state index contributed by atoms with van der Waals surface area (Å²) < 4.78 is 0. The van der Waals surface area contributed by atoms with Gasteiger partial charge in [-0.25, -0.2) is 9.97 Å². The van der Waals surface area contributed by atoms with Crippen LogP contribution < -0.4 is 5.32 Å². The number of nitrogens with one attached hydrogen (secondary N) is 1. The molecule has 19 heavy (non-hydrogen) atoms. The van der Waals surface area contributed by atoms with Crippen molar-refractivity contribution in [1.29, 1.82) is 0 Å². The number of fused-ring (bicyclic) bond motifs is 1. The van der Waals surface area contributed by atoms with E-state index in [1.54, 1.807) is 12.3 Å². The summed E-state index contributed by atoms with van der Waals surface area (Å²) in [5.74, 6) is 0.681. The SMILES string of the molecule is Cc1nccc(C(O)C2NCCc3ccccc32)n1. The molecule has 4 nitrogen and oxygen atoms in total. The number of aliphatic hydroxyl groups excluding tert-OH is 1. The summed E-state index contributed by atoms with van der Waals surface area (Å²) in [5.41, 5.74) is 3.13. The van der Waals surface area contributed by atoms with E-state index in [4.69, 9.17) is 0 Å². The molecule has 0 aliphatic carbocycles. The summed E-state index contributed by atoms with van der Waals surface area (Å²) in [6.45, 7) is 2.71. The molecule has 0 fully saturated rings. The van der Waals surface area contributed by atoms with Crippen molar-refractivity contribution in [3.8, 4) is 0 Å². The molecule has 2 heterocycles. The van der Waals surface area contributed by atoms with Gasteiger partial charge in [-0.3, -0.25) is 0 Å². The monoisotopic (exact) mass is 255 g/mol. The third kappa shape index (κ3) is 2.37. The summed E-state index contributed by atoms with van der Waals surface area (Å²) >= 11 is 0. The zero-order valence-corrected chi connectivity index (χ0v) is 10.9. The van der Waals surface area contributed by atoms with Crippen molar-refractivity contribution in [2.45, 2.75) is 25.5 Å². The van der Waals surface area contributed by atoms with E-state index in [0.717, 1.165) is 18.5 Å². The molecule has 4 heteroatoms. The van der Waals surface area contributed by atoms with Crippen molar-refractivity contribution in [1.82, 2.24) is 15.3 Å². The number of rotatable bonds is 2. The highest BCUT2D eigenvalue weighted by Gasteiger charge is 2.27. The minimum Gasteiger partial charge on any atom is -0.385 e. The normalized spacial score (nSPS) is 19.8. The van der Waals surface area contributed by atoms with Gasteiger partial charge in [-0.05, 0) is 37.1 Å². The Morgan fingerprint density at radius 3 is 3.00 bits per heavy atom. The molecule has 1 aliphatic rings. The summed E-state index contributed by atoms with van der Waals surface area (Å²) in [4.78, 5) is 8.39. The maximum Gasteiger partial charge on any atom is 0.125 e. The van der Waals surface area contributed by atoms with Gasteiger partial charge in [-0.15, -0.1) is 0 Å². The van der Waals surface area contributed by atoms with Crippen molar-refractivity contribution in [2.24, 2.45) is 0 Å². The molecule has 2 N–H and O–H groups in total. The van der Waals surface area contributed by atoms with Gasteiger partial charge in [0.15, 0.2) is 0 Å². The van der Waals surface area contributed by atoms with Crippen LogP contribution in [0.2, 0.25) is 0 Å². The number of aromatic nitrogens is 2. The van der Waals surface area contributed by atoms with Crippen molar-refractivity contribution in [3.63, 3.8) is 0 Å². The summed E-state index contributed by atoms with van der Waals surface area (Å²) in [6, 6.07) is 9.93. The fourth-order valence-electron chi connectivity index (χ4n) is 2.63. The van der Waals surface area contributed by atoms with Crippen LogP contribution in [0.15, 0.2) is 36.5 Å². The van der Waals surface area contributed by atoms with E-state index < -0.39 is 6.10 Å². The van der Waals surface area contributed by atoms with Crippen molar-refractivity contribution < 1.29 is 5.11 Å². The highest BCUT2D eigenvalue weighted by molar-refractivity contribution is 5.34. The Morgan fingerprint density at radius 2 is 2.16 bits per heavy atom. The average Bonchev–Trinajstić information content (AvgIpc) is 2.46. The molecular formula is C15H17N3O. The first-order valence-corrected chi connectivity index (χ1v) is 6.54. The second-order valence-electron chi connectivity index (χ2n) is 4.85. The first-order chi connectivity index (χ1) is 9.25. The van der Waals surface area contributed by atoms with E-state index in [-0.39, 0.29) is 6.04 Å². The largest absolute Gasteiger partial charge is 0.385 e. The molecule has 0 radical (unpaired) electrons. The van der Waals surface area contributed by atoms with Crippen LogP contribution in [0.5, 0.6) is 0 Å². The molecule has 1 aromatic carbocycles. The number of aryl methyl sites for hydroxylation is 1. The van der Waals surface area contributed by atoms with E-state index in [0.29, 0.717) is 11.5 Å². The molecule has 0 amide bonds. The molecular weight excluding hydrogens is 238 g/mol. The first kappa shape index (κ1) is 12.3. The summed E-state index contributed by atoms with van der Waals surface area (Å²) in [5, 5.41) is 13.9. The molecule has 2 unspecified atom stereocenters. The quantitative estimate of drug-likeness (QED) is 0.857. The Labute approximate surface area is 112 Å². The van der Waals surface area contributed by atoms with Crippen LogP contribution in [0, 0.1) is 6.92 Å². The Morgan fingerprint density at radius 1 is 1.32 bits per heavy atom. The predicted molar refractivity (Wildman–Crippen MR) is 72.6 cm³/mol. The molecule has 1 aromatic heterocycles. The lowest BCUT2D eigenvalue weighted by atomic mass is 9.90. The second-order valence-corrected chi connectivity index (χ2v) is 4.85. The van der Waals surface area contributed by atoms with E-state index in [1.165, 1.54) is 5.56 Å². The zero-order chi connectivity index (χ0) is 13.2. The van der Waals surface area contributed by atoms with Crippen molar-refractivity contribution >= 4 is 0 Å². The van der Waals surface area contributed by atoms with E-state index in [2.05, 4.69) is 27.4 Å². The first-order valence-electron chi connectivity index (χ1n) is 6.54. The van der Waals surface area contributed by atoms with Crippen LogP contribution >= 0.6 is 0 Å². The van der Waals surface area contributed by atoms with Gasteiger partial charge >= 0.3 is 0 Å². The lowest BCUT2D eigenvalue weighted by Crippen LogP contribution is -2.34. The van der Waals surface area contributed by atoms with Crippen LogP contribution in [0.1, 0.15) is 34.8 Å². The average molecular weight is 255 g/mol. The molecule has 0 spiro atoms. The second kappa shape index (κ2) is 5.07. The van der Waals surface area contributed by atoms with Crippen LogP contribution in [0.3, 0.4) is 0 Å². The minimum absolute atomic E-state index is 0.0979. The molecule has 0 saturated heterocycles. The summed E-state index contributed by atoms with van der Waals surface area (Å²) in [7, 11) is 0. The Kier molecular flexibility index (Phi) is 3.27. The van der Waals surface area contributed by atoms with Crippen LogP contribution in [-0.4, -0.2) is 21.6 Å². The van der Waals surface area contributed by atoms with Gasteiger partial charge in [0.2, 0.25) is 0 Å². The maximum absolute atomic E-state index is 10.6. The lowest BCUT2D eigenvalue weighted by molar-refractivity contribution is 0.121. The topological polar surface area (TPSA) is 58.0 Å².